The van der Waals surface area contributed by atoms with Gasteiger partial charge in [0.1, 0.15) is 5.75 Å². The number of esters is 2. The predicted octanol–water partition coefficient (Wildman–Crippen LogP) is 6.92. The maximum absolute atomic E-state index is 12.9. The lowest BCUT2D eigenvalue weighted by atomic mass is 10.0. The van der Waals surface area contributed by atoms with Crippen LogP contribution < -0.4 is 4.74 Å². The van der Waals surface area contributed by atoms with E-state index in [1.165, 1.54) is 6.21 Å². The highest BCUT2D eigenvalue weighted by molar-refractivity contribution is 6.09. The van der Waals surface area contributed by atoms with Gasteiger partial charge >= 0.3 is 11.9 Å². The van der Waals surface area contributed by atoms with E-state index >= 15 is 0 Å². The van der Waals surface area contributed by atoms with E-state index in [0.717, 1.165) is 57.1 Å². The van der Waals surface area contributed by atoms with Gasteiger partial charge in [-0.15, -0.1) is 0 Å². The summed E-state index contributed by atoms with van der Waals surface area (Å²) in [4.78, 5) is 30.1. The molecule has 0 bridgehead atoms. The number of benzene rings is 1. The van der Waals surface area contributed by atoms with Gasteiger partial charge in [0.05, 0.1) is 25.5 Å². The van der Waals surface area contributed by atoms with Crippen LogP contribution in [0, 0.1) is 17.8 Å². The number of ether oxygens (including phenoxy) is 3. The normalized spacial score (nSPS) is 13.9. The standard InChI is InChI=1S/C28H45NO5/c1-6-11-13-22(8-3)20-33-27(30)26(28(31)34-21-23(9-4)14-12-7-2)19-29-24-15-17-25(18-16-24)32-10-5/h15-19,22-23,26H,6-14,20-21H2,1-5H3. The SMILES string of the molecule is CCCCC(CC)COC(=O)C(C=Nc1ccc(OCC)cc1)C(=O)OCC(CC)CCCC. The molecule has 0 spiro atoms. The molecule has 1 aromatic rings. The Hall–Kier alpha value is -2.37. The van der Waals surface area contributed by atoms with Crippen LogP contribution in [0.5, 0.6) is 5.75 Å². The van der Waals surface area contributed by atoms with Crippen molar-refractivity contribution in [3.8, 4) is 5.75 Å². The second-order valence-corrected chi connectivity index (χ2v) is 8.78. The van der Waals surface area contributed by atoms with Crippen molar-refractivity contribution >= 4 is 23.8 Å². The zero-order valence-electron chi connectivity index (χ0n) is 21.9. The lowest BCUT2D eigenvalue weighted by molar-refractivity contribution is -0.159. The molecule has 0 fully saturated rings. The molecule has 1 aromatic carbocycles. The van der Waals surface area contributed by atoms with Gasteiger partial charge in [0.15, 0.2) is 5.92 Å². The number of hydrogen-bond acceptors (Lipinski definition) is 6. The fraction of sp³-hybridized carbons (Fsp3) is 0.679. The molecule has 0 aromatic heterocycles. The van der Waals surface area contributed by atoms with Gasteiger partial charge in [-0.3, -0.25) is 14.6 Å². The summed E-state index contributed by atoms with van der Waals surface area (Å²) in [6.45, 7) is 11.6. The first-order chi connectivity index (χ1) is 16.5. The Balaban J connectivity index is 2.89. The smallest absolute Gasteiger partial charge is 0.325 e. The molecule has 6 heteroatoms. The van der Waals surface area contributed by atoms with Crippen LogP contribution >= 0.6 is 0 Å². The highest BCUT2D eigenvalue weighted by Gasteiger charge is 2.29. The summed E-state index contributed by atoms with van der Waals surface area (Å²) < 4.78 is 16.6. The third-order valence-corrected chi connectivity index (χ3v) is 6.04. The van der Waals surface area contributed by atoms with Crippen LogP contribution in [-0.4, -0.2) is 38.0 Å². The highest BCUT2D eigenvalue weighted by atomic mass is 16.6. The van der Waals surface area contributed by atoms with Gasteiger partial charge in [-0.1, -0.05) is 66.2 Å². The van der Waals surface area contributed by atoms with E-state index in [1.807, 2.05) is 6.92 Å². The number of aliphatic imine (C=N–C) groups is 1. The Bertz CT molecular complexity index is 684. The van der Waals surface area contributed by atoms with Crippen LogP contribution in [0.1, 0.15) is 86.0 Å². The highest BCUT2D eigenvalue weighted by Crippen LogP contribution is 2.20. The minimum Gasteiger partial charge on any atom is -0.494 e. The molecule has 0 amide bonds. The van der Waals surface area contributed by atoms with Gasteiger partial charge in [-0.05, 0) is 55.9 Å². The van der Waals surface area contributed by atoms with Crippen molar-refractivity contribution in [2.75, 3.05) is 19.8 Å². The van der Waals surface area contributed by atoms with Crippen molar-refractivity contribution < 1.29 is 23.8 Å². The van der Waals surface area contributed by atoms with Crippen LogP contribution in [0.3, 0.4) is 0 Å². The van der Waals surface area contributed by atoms with E-state index in [4.69, 9.17) is 14.2 Å². The lowest BCUT2D eigenvalue weighted by Gasteiger charge is -2.18. The number of nitrogens with zero attached hydrogens (tertiary/aromatic N) is 1. The monoisotopic (exact) mass is 475 g/mol. The number of carbonyl (C=O) groups excluding carboxylic acids is 2. The summed E-state index contributed by atoms with van der Waals surface area (Å²) in [7, 11) is 0. The van der Waals surface area contributed by atoms with E-state index in [-0.39, 0.29) is 0 Å². The maximum Gasteiger partial charge on any atom is 0.325 e. The Morgan fingerprint density at radius 2 is 1.32 bits per heavy atom. The van der Waals surface area contributed by atoms with Gasteiger partial charge in [-0.2, -0.15) is 0 Å². The number of carbonyl (C=O) groups is 2. The van der Waals surface area contributed by atoms with Crippen molar-refractivity contribution in [3.05, 3.63) is 24.3 Å². The van der Waals surface area contributed by atoms with Gasteiger partial charge in [-0.25, -0.2) is 0 Å². The maximum atomic E-state index is 12.9. The summed E-state index contributed by atoms with van der Waals surface area (Å²) >= 11 is 0. The average Bonchev–Trinajstić information content (AvgIpc) is 2.85. The third-order valence-electron chi connectivity index (χ3n) is 6.04. The summed E-state index contributed by atoms with van der Waals surface area (Å²) in [6, 6.07) is 7.18. The van der Waals surface area contributed by atoms with Gasteiger partial charge in [0.25, 0.3) is 0 Å². The molecule has 192 valence electrons. The topological polar surface area (TPSA) is 74.2 Å². The molecule has 34 heavy (non-hydrogen) atoms. The van der Waals surface area contributed by atoms with Crippen LogP contribution in [0.2, 0.25) is 0 Å². The van der Waals surface area contributed by atoms with Crippen molar-refractivity contribution in [1.29, 1.82) is 0 Å². The summed E-state index contributed by atoms with van der Waals surface area (Å²) in [6.07, 6.45) is 9.61. The number of unbranched alkanes of at least 4 members (excludes halogenated alkanes) is 2. The minimum atomic E-state index is -1.18. The first-order valence-electron chi connectivity index (χ1n) is 13.1. The Morgan fingerprint density at radius 1 is 0.824 bits per heavy atom. The Morgan fingerprint density at radius 3 is 1.74 bits per heavy atom. The molecule has 0 saturated heterocycles. The van der Waals surface area contributed by atoms with Crippen LogP contribution in [-0.2, 0) is 19.1 Å². The van der Waals surface area contributed by atoms with E-state index in [2.05, 4.69) is 32.7 Å². The van der Waals surface area contributed by atoms with Gasteiger partial charge in [0.2, 0.25) is 0 Å². The van der Waals surface area contributed by atoms with Crippen molar-refractivity contribution in [2.24, 2.45) is 22.7 Å². The molecule has 0 heterocycles. The van der Waals surface area contributed by atoms with E-state index < -0.39 is 17.9 Å². The van der Waals surface area contributed by atoms with Crippen molar-refractivity contribution in [3.63, 3.8) is 0 Å². The Kier molecular flexibility index (Phi) is 15.7. The van der Waals surface area contributed by atoms with E-state index in [1.54, 1.807) is 24.3 Å². The number of rotatable bonds is 18. The summed E-state index contributed by atoms with van der Waals surface area (Å²) in [5.41, 5.74) is 0.623. The fourth-order valence-corrected chi connectivity index (χ4v) is 3.55. The molecule has 6 nitrogen and oxygen atoms in total. The molecule has 0 aliphatic rings. The zero-order chi connectivity index (χ0) is 25.2. The van der Waals surface area contributed by atoms with E-state index in [9.17, 15) is 9.59 Å². The van der Waals surface area contributed by atoms with Crippen LogP contribution in [0.25, 0.3) is 0 Å². The molecule has 0 radical (unpaired) electrons. The zero-order valence-corrected chi connectivity index (χ0v) is 21.9. The van der Waals surface area contributed by atoms with Crippen LogP contribution in [0.4, 0.5) is 5.69 Å². The quantitative estimate of drug-likeness (QED) is 0.131. The predicted molar refractivity (Wildman–Crippen MR) is 138 cm³/mol. The molecule has 1 rings (SSSR count). The second kappa shape index (κ2) is 18.0. The number of hydrogen-bond donors (Lipinski definition) is 0. The second-order valence-electron chi connectivity index (χ2n) is 8.78. The molecule has 2 unspecified atom stereocenters. The molecule has 0 saturated carbocycles. The minimum absolute atomic E-state index is 0.294. The third kappa shape index (κ3) is 11.7. The van der Waals surface area contributed by atoms with Gasteiger partial charge < -0.3 is 14.2 Å². The molecular formula is C28H45NO5. The van der Waals surface area contributed by atoms with E-state index in [0.29, 0.717) is 37.3 Å². The van der Waals surface area contributed by atoms with Gasteiger partial charge in [0, 0.05) is 6.21 Å². The summed E-state index contributed by atoms with van der Waals surface area (Å²) in [5, 5.41) is 0. The average molecular weight is 476 g/mol. The molecule has 0 aliphatic carbocycles. The lowest BCUT2D eigenvalue weighted by Crippen LogP contribution is -2.31. The summed E-state index contributed by atoms with van der Waals surface area (Å²) in [5.74, 6) is -1.05. The molecule has 2 atom stereocenters. The first-order valence-corrected chi connectivity index (χ1v) is 13.1. The first kappa shape index (κ1) is 29.7. The largest absolute Gasteiger partial charge is 0.494 e. The van der Waals surface area contributed by atoms with Crippen molar-refractivity contribution in [1.82, 2.24) is 0 Å². The molecule has 0 N–H and O–H groups in total. The Labute approximate surface area is 206 Å². The fourth-order valence-electron chi connectivity index (χ4n) is 3.55. The molecular weight excluding hydrogens is 430 g/mol. The van der Waals surface area contributed by atoms with Crippen molar-refractivity contribution in [2.45, 2.75) is 86.0 Å². The van der Waals surface area contributed by atoms with Crippen LogP contribution in [0.15, 0.2) is 29.3 Å². The molecule has 0 aliphatic heterocycles.